The van der Waals surface area contributed by atoms with Gasteiger partial charge < -0.3 is 19.9 Å². The van der Waals surface area contributed by atoms with Crippen LogP contribution >= 0.6 is 0 Å². The maximum Gasteiger partial charge on any atom is 0.308 e. The summed E-state index contributed by atoms with van der Waals surface area (Å²) < 4.78 is 37.2. The Morgan fingerprint density at radius 2 is 1.83 bits per heavy atom. The van der Waals surface area contributed by atoms with E-state index in [1.165, 1.54) is 18.3 Å². The van der Waals surface area contributed by atoms with E-state index in [-0.39, 0.29) is 29.2 Å². The minimum atomic E-state index is -2.59. The van der Waals surface area contributed by atoms with Crippen LogP contribution in [0, 0.1) is 24.7 Å². The number of esters is 1. The van der Waals surface area contributed by atoms with Gasteiger partial charge >= 0.3 is 5.97 Å². The molecule has 2 fully saturated rings. The number of rotatable bonds is 9. The first-order valence-corrected chi connectivity index (χ1v) is 14.6. The molecule has 3 aromatic rings. The van der Waals surface area contributed by atoms with Crippen molar-refractivity contribution in [3.63, 3.8) is 0 Å². The van der Waals surface area contributed by atoms with Crippen LogP contribution in [-0.4, -0.2) is 45.8 Å². The van der Waals surface area contributed by atoms with Crippen molar-refractivity contribution in [3.8, 4) is 11.3 Å². The zero-order valence-corrected chi connectivity index (χ0v) is 24.1. The molecule has 5 rings (SSSR count). The van der Waals surface area contributed by atoms with Gasteiger partial charge in [0.1, 0.15) is 17.2 Å². The first-order valence-electron chi connectivity index (χ1n) is 14.6. The van der Waals surface area contributed by atoms with Gasteiger partial charge in [0.25, 0.3) is 6.43 Å². The highest BCUT2D eigenvalue weighted by Gasteiger charge is 2.39. The number of hydrogen-bond donors (Lipinski definition) is 2. The van der Waals surface area contributed by atoms with Crippen molar-refractivity contribution in [1.29, 1.82) is 0 Å². The molecule has 0 aromatic carbocycles. The Bertz CT molecular complexity index is 1350. The molecule has 224 valence electrons. The van der Waals surface area contributed by atoms with Crippen LogP contribution in [0.15, 0.2) is 48.8 Å². The van der Waals surface area contributed by atoms with E-state index in [4.69, 9.17) is 9.47 Å². The predicted octanol–water partition coefficient (Wildman–Crippen LogP) is 6.51. The molecule has 1 atom stereocenters. The molecule has 3 aromatic heterocycles. The standard InChI is InChI=1S/C32H38F2N4O4/c1-20-15-26(37-29(16-20)38-28-17-23(30(33)34)9-12-35-28)24-5-8-27(36-18-24)32(2,40)25-6-3-22(4-7-25)31(39)42-19-21-10-13-41-14-11-21/h5,8-9,12,15-18,21-22,25,30,40H,3-4,6-7,10-11,13-14,19H2,1-2H3,(H,35,37,38)/t22-,25-,32-/m1/s1. The normalized spacial score (nSPS) is 21.1. The van der Waals surface area contributed by atoms with Crippen molar-refractivity contribution in [3.05, 3.63) is 65.6 Å². The molecule has 42 heavy (non-hydrogen) atoms. The van der Waals surface area contributed by atoms with Crippen molar-refractivity contribution in [1.82, 2.24) is 15.0 Å². The molecule has 0 radical (unpaired) electrons. The Balaban J connectivity index is 1.20. The van der Waals surface area contributed by atoms with Gasteiger partial charge in [-0.15, -0.1) is 0 Å². The summed E-state index contributed by atoms with van der Waals surface area (Å²) in [4.78, 5) is 26.0. The summed E-state index contributed by atoms with van der Waals surface area (Å²) in [5.74, 6) is 0.856. The van der Waals surface area contributed by atoms with Gasteiger partial charge in [0, 0.05) is 36.7 Å². The second-order valence-corrected chi connectivity index (χ2v) is 11.6. The molecule has 10 heteroatoms. The summed E-state index contributed by atoms with van der Waals surface area (Å²) in [6.07, 6.45) is 5.09. The number of aryl methyl sites for hydroxylation is 1. The summed E-state index contributed by atoms with van der Waals surface area (Å²) in [5, 5.41) is 14.5. The predicted molar refractivity (Wildman–Crippen MR) is 154 cm³/mol. The Morgan fingerprint density at radius 3 is 2.52 bits per heavy atom. The number of halogens is 2. The molecule has 0 unspecified atom stereocenters. The van der Waals surface area contributed by atoms with E-state index in [0.717, 1.165) is 37.2 Å². The van der Waals surface area contributed by atoms with Crippen molar-refractivity contribution >= 4 is 17.6 Å². The lowest BCUT2D eigenvalue weighted by atomic mass is 9.73. The third kappa shape index (κ3) is 7.28. The smallest absolute Gasteiger partial charge is 0.308 e. The Hall–Kier alpha value is -3.50. The van der Waals surface area contributed by atoms with Gasteiger partial charge in [-0.3, -0.25) is 9.78 Å². The quantitative estimate of drug-likeness (QED) is 0.276. The van der Waals surface area contributed by atoms with E-state index < -0.39 is 12.0 Å². The lowest BCUT2D eigenvalue weighted by molar-refractivity contribution is -0.153. The van der Waals surface area contributed by atoms with Crippen molar-refractivity contribution in [2.75, 3.05) is 25.1 Å². The van der Waals surface area contributed by atoms with Crippen molar-refractivity contribution < 1.29 is 28.2 Å². The highest BCUT2D eigenvalue weighted by atomic mass is 19.3. The molecule has 0 spiro atoms. The number of ether oxygens (including phenoxy) is 2. The molecule has 1 aliphatic carbocycles. The molecule has 0 amide bonds. The molecule has 1 saturated carbocycles. The molecular formula is C32H38F2N4O4. The SMILES string of the molecule is Cc1cc(Nc2cc(C(F)F)ccn2)nc(-c2ccc([C@](C)(O)[C@H]3CC[C@H](C(=O)OCC4CCOCC4)CC3)nc2)c1. The van der Waals surface area contributed by atoms with Crippen molar-refractivity contribution in [2.45, 2.75) is 64.4 Å². The number of anilines is 2. The lowest BCUT2D eigenvalue weighted by Crippen LogP contribution is -2.37. The number of carbonyl (C=O) groups excluding carboxylic acids is 1. The van der Waals surface area contributed by atoms with E-state index in [0.29, 0.717) is 55.4 Å². The van der Waals surface area contributed by atoms with Crippen LogP contribution in [0.5, 0.6) is 0 Å². The fraction of sp³-hybridized carbons (Fsp3) is 0.500. The van der Waals surface area contributed by atoms with Crippen LogP contribution in [0.25, 0.3) is 11.3 Å². The van der Waals surface area contributed by atoms with Gasteiger partial charge in [-0.05, 0) is 106 Å². The van der Waals surface area contributed by atoms with Gasteiger partial charge in [-0.2, -0.15) is 0 Å². The zero-order chi connectivity index (χ0) is 29.7. The minimum absolute atomic E-state index is 0.0280. The fourth-order valence-corrected chi connectivity index (χ4v) is 5.84. The summed E-state index contributed by atoms with van der Waals surface area (Å²) in [7, 11) is 0. The second kappa shape index (κ2) is 13.2. The fourth-order valence-electron chi connectivity index (χ4n) is 5.84. The lowest BCUT2D eigenvalue weighted by Gasteiger charge is -2.37. The third-order valence-electron chi connectivity index (χ3n) is 8.50. The highest BCUT2D eigenvalue weighted by Crippen LogP contribution is 2.41. The van der Waals surface area contributed by atoms with Gasteiger partial charge in [-0.1, -0.05) is 0 Å². The highest BCUT2D eigenvalue weighted by molar-refractivity contribution is 5.72. The summed E-state index contributed by atoms with van der Waals surface area (Å²) in [6.45, 7) is 5.64. The zero-order valence-electron chi connectivity index (χ0n) is 24.1. The second-order valence-electron chi connectivity index (χ2n) is 11.6. The Kier molecular flexibility index (Phi) is 9.43. The monoisotopic (exact) mass is 580 g/mol. The molecular weight excluding hydrogens is 542 g/mol. The topological polar surface area (TPSA) is 106 Å². The minimum Gasteiger partial charge on any atom is -0.465 e. The first kappa shape index (κ1) is 30.0. The molecule has 2 N–H and O–H groups in total. The Morgan fingerprint density at radius 1 is 1.07 bits per heavy atom. The summed E-state index contributed by atoms with van der Waals surface area (Å²) in [5.41, 5.74) is 1.63. The third-order valence-corrected chi connectivity index (χ3v) is 8.50. The van der Waals surface area contributed by atoms with E-state index in [9.17, 15) is 18.7 Å². The molecule has 8 nitrogen and oxygen atoms in total. The van der Waals surface area contributed by atoms with Crippen LogP contribution in [0.2, 0.25) is 0 Å². The number of nitrogens with one attached hydrogen (secondary N) is 1. The van der Waals surface area contributed by atoms with E-state index >= 15 is 0 Å². The Labute approximate surface area is 244 Å². The van der Waals surface area contributed by atoms with Crippen LogP contribution < -0.4 is 5.32 Å². The summed E-state index contributed by atoms with van der Waals surface area (Å²) >= 11 is 0. The van der Waals surface area contributed by atoms with E-state index in [1.807, 2.05) is 31.2 Å². The number of nitrogens with zero attached hydrogens (tertiary/aromatic N) is 3. The number of carbonyl (C=O) groups is 1. The van der Waals surface area contributed by atoms with Gasteiger partial charge in [0.05, 0.1) is 23.9 Å². The maximum atomic E-state index is 13.1. The van der Waals surface area contributed by atoms with Crippen LogP contribution in [-0.2, 0) is 19.9 Å². The molecule has 4 heterocycles. The molecule has 1 aliphatic heterocycles. The van der Waals surface area contributed by atoms with Crippen LogP contribution in [0.1, 0.15) is 68.7 Å². The van der Waals surface area contributed by atoms with Crippen LogP contribution in [0.3, 0.4) is 0 Å². The number of pyridine rings is 3. The van der Waals surface area contributed by atoms with Crippen LogP contribution in [0.4, 0.5) is 20.4 Å². The van der Waals surface area contributed by atoms with E-state index in [1.54, 1.807) is 13.1 Å². The van der Waals surface area contributed by atoms with Crippen molar-refractivity contribution in [2.24, 2.45) is 17.8 Å². The molecule has 0 bridgehead atoms. The molecule has 2 aliphatic rings. The average molecular weight is 581 g/mol. The maximum absolute atomic E-state index is 13.1. The number of hydrogen-bond acceptors (Lipinski definition) is 8. The van der Waals surface area contributed by atoms with E-state index in [2.05, 4.69) is 20.3 Å². The van der Waals surface area contributed by atoms with Gasteiger partial charge in [0.15, 0.2) is 0 Å². The first-order chi connectivity index (χ1) is 20.2. The molecule has 1 saturated heterocycles. The average Bonchev–Trinajstić information content (AvgIpc) is 3.00. The number of aromatic nitrogens is 3. The van der Waals surface area contributed by atoms with Gasteiger partial charge in [0.2, 0.25) is 0 Å². The van der Waals surface area contributed by atoms with Gasteiger partial charge in [-0.25, -0.2) is 18.7 Å². The largest absolute Gasteiger partial charge is 0.465 e. The summed E-state index contributed by atoms with van der Waals surface area (Å²) in [6, 6.07) is 9.99. The number of aliphatic hydroxyl groups is 1. The number of alkyl halides is 2.